The molecule has 1 aromatic carbocycles. The molecule has 1 unspecified atom stereocenters. The molecule has 0 saturated heterocycles. The Bertz CT molecular complexity index is 1360. The van der Waals surface area contributed by atoms with E-state index in [1.165, 1.54) is 33.8 Å². The van der Waals surface area contributed by atoms with E-state index >= 15 is 0 Å². The van der Waals surface area contributed by atoms with Gasteiger partial charge >= 0.3 is 5.97 Å². The van der Waals surface area contributed by atoms with Gasteiger partial charge in [0.05, 0.1) is 24.4 Å². The van der Waals surface area contributed by atoms with Gasteiger partial charge in [0.25, 0.3) is 5.91 Å². The van der Waals surface area contributed by atoms with Crippen LogP contribution in [0.2, 0.25) is 0 Å². The molecule has 3 aromatic heterocycles. The van der Waals surface area contributed by atoms with Gasteiger partial charge in [-0.05, 0) is 49.3 Å². The van der Waals surface area contributed by atoms with Crippen molar-refractivity contribution in [3.05, 3.63) is 69.2 Å². The van der Waals surface area contributed by atoms with Gasteiger partial charge in [0, 0.05) is 16.5 Å². The lowest BCUT2D eigenvalue weighted by atomic mass is 9.82. The average Bonchev–Trinajstić information content (AvgIpc) is 3.41. The molecule has 0 bridgehead atoms. The predicted molar refractivity (Wildman–Crippen MR) is 136 cm³/mol. The number of nitrogens with two attached hydrogens (primary N) is 1. The molecule has 174 valence electrons. The van der Waals surface area contributed by atoms with E-state index in [1.54, 1.807) is 12.3 Å². The molecule has 7 nitrogen and oxygen atoms in total. The summed E-state index contributed by atoms with van der Waals surface area (Å²) in [5, 5.41) is 5.78. The lowest BCUT2D eigenvalue weighted by Crippen LogP contribution is -2.14. The van der Waals surface area contributed by atoms with Gasteiger partial charge in [0.15, 0.2) is 5.13 Å². The lowest BCUT2D eigenvalue weighted by molar-refractivity contribution is -0.142. The summed E-state index contributed by atoms with van der Waals surface area (Å²) in [6.45, 7) is 2.08. The topological polar surface area (TPSA) is 107 Å². The minimum Gasteiger partial charge on any atom is -0.466 e. The van der Waals surface area contributed by atoms with Gasteiger partial charge in [-0.3, -0.25) is 14.9 Å². The highest BCUT2D eigenvalue weighted by Crippen LogP contribution is 2.38. The van der Waals surface area contributed by atoms with Crippen LogP contribution in [0, 0.1) is 0 Å². The largest absolute Gasteiger partial charge is 0.466 e. The lowest BCUT2D eigenvalue weighted by Gasteiger charge is -2.24. The normalized spacial score (nSPS) is 15.1. The number of carbonyl (C=O) groups excluding carboxylic acids is 2. The number of fused-ring (bicyclic) bond motifs is 2. The van der Waals surface area contributed by atoms with Crippen molar-refractivity contribution in [2.75, 3.05) is 17.7 Å². The molecule has 0 spiro atoms. The number of pyridine rings is 1. The molecule has 0 saturated carbocycles. The van der Waals surface area contributed by atoms with E-state index < -0.39 is 0 Å². The molecule has 0 fully saturated rings. The van der Waals surface area contributed by atoms with Crippen molar-refractivity contribution in [1.82, 2.24) is 9.97 Å². The van der Waals surface area contributed by atoms with Gasteiger partial charge in [0.2, 0.25) is 0 Å². The Hall–Kier alpha value is -3.30. The molecule has 1 aliphatic rings. The number of anilines is 2. The Morgan fingerprint density at radius 2 is 2.06 bits per heavy atom. The van der Waals surface area contributed by atoms with Crippen molar-refractivity contribution in [2.45, 2.75) is 38.5 Å². The summed E-state index contributed by atoms with van der Waals surface area (Å²) in [5.41, 5.74) is 11.1. The number of aromatic nitrogens is 2. The maximum atomic E-state index is 13.0. The van der Waals surface area contributed by atoms with Crippen LogP contribution >= 0.6 is 22.7 Å². The summed E-state index contributed by atoms with van der Waals surface area (Å²) in [5.74, 6) is -0.203. The molecule has 1 aliphatic carbocycles. The number of aryl methyl sites for hydroxylation is 1. The second kappa shape index (κ2) is 9.52. The standard InChI is InChI=1S/C25H24N4O3S2/c1-2-32-20(30)12-17-13-33-25(27-17)29-23(31)22-21(26)18-11-16-10-15(14-6-4-3-5-7-14)8-9-19(16)28-24(18)34-22/h3-7,11,13,15H,2,8-10,12,26H2,1H3,(H,27,29,31). The fourth-order valence-electron chi connectivity index (χ4n) is 4.33. The summed E-state index contributed by atoms with van der Waals surface area (Å²) in [7, 11) is 0. The second-order valence-electron chi connectivity index (χ2n) is 8.22. The van der Waals surface area contributed by atoms with E-state index in [0.717, 1.165) is 35.2 Å². The Balaban J connectivity index is 1.35. The van der Waals surface area contributed by atoms with Gasteiger partial charge in [-0.2, -0.15) is 0 Å². The van der Waals surface area contributed by atoms with Crippen LogP contribution in [0.15, 0.2) is 41.8 Å². The third-order valence-electron chi connectivity index (χ3n) is 5.97. The molecule has 1 amide bonds. The van der Waals surface area contributed by atoms with Crippen LogP contribution < -0.4 is 11.1 Å². The number of ether oxygens (including phenoxy) is 1. The van der Waals surface area contributed by atoms with E-state index in [-0.39, 0.29) is 18.3 Å². The quantitative estimate of drug-likeness (QED) is 0.368. The van der Waals surface area contributed by atoms with Crippen molar-refractivity contribution < 1.29 is 14.3 Å². The summed E-state index contributed by atoms with van der Waals surface area (Å²) in [6.07, 6.45) is 2.96. The molecule has 0 aliphatic heterocycles. The number of nitrogen functional groups attached to an aromatic ring is 1. The Kier molecular flexibility index (Phi) is 6.30. The molecule has 3 heterocycles. The number of hydrogen-bond donors (Lipinski definition) is 2. The van der Waals surface area contributed by atoms with E-state index in [9.17, 15) is 9.59 Å². The van der Waals surface area contributed by atoms with Crippen LogP contribution in [0.3, 0.4) is 0 Å². The SMILES string of the molecule is CCOC(=O)Cc1csc(NC(=O)c2sc3nc4c(cc3c2N)CC(c2ccccc2)CC4)n1. The van der Waals surface area contributed by atoms with Gasteiger partial charge < -0.3 is 10.5 Å². The maximum absolute atomic E-state index is 13.0. The van der Waals surface area contributed by atoms with Crippen molar-refractivity contribution in [1.29, 1.82) is 0 Å². The Labute approximate surface area is 205 Å². The third-order valence-corrected chi connectivity index (χ3v) is 7.89. The zero-order valence-corrected chi connectivity index (χ0v) is 20.3. The molecular weight excluding hydrogens is 468 g/mol. The second-order valence-corrected chi connectivity index (χ2v) is 10.1. The molecule has 1 atom stereocenters. The molecule has 5 rings (SSSR count). The number of rotatable bonds is 6. The van der Waals surface area contributed by atoms with E-state index in [1.807, 2.05) is 6.07 Å². The number of benzene rings is 1. The first-order chi connectivity index (χ1) is 16.5. The van der Waals surface area contributed by atoms with Crippen LogP contribution in [0.5, 0.6) is 0 Å². The van der Waals surface area contributed by atoms with Crippen LogP contribution in [-0.2, 0) is 28.8 Å². The average molecular weight is 493 g/mol. The smallest absolute Gasteiger partial charge is 0.311 e. The van der Waals surface area contributed by atoms with Crippen LogP contribution in [0.25, 0.3) is 10.2 Å². The first-order valence-electron chi connectivity index (χ1n) is 11.2. The maximum Gasteiger partial charge on any atom is 0.311 e. The molecule has 9 heteroatoms. The monoisotopic (exact) mass is 492 g/mol. The minimum atomic E-state index is -0.344. The number of hydrogen-bond acceptors (Lipinski definition) is 8. The Morgan fingerprint density at radius 1 is 1.24 bits per heavy atom. The number of esters is 1. The fraction of sp³-hybridized carbons (Fsp3) is 0.280. The van der Waals surface area contributed by atoms with Crippen LogP contribution in [-0.4, -0.2) is 28.5 Å². The molecular formula is C25H24N4O3S2. The number of thiophene rings is 1. The highest BCUT2D eigenvalue weighted by Gasteiger charge is 2.25. The third kappa shape index (κ3) is 4.53. The highest BCUT2D eigenvalue weighted by molar-refractivity contribution is 7.21. The number of nitrogens with one attached hydrogen (secondary N) is 1. The summed E-state index contributed by atoms with van der Waals surface area (Å²) >= 11 is 2.56. The van der Waals surface area contributed by atoms with Gasteiger partial charge in [-0.1, -0.05) is 30.3 Å². The number of carbonyl (C=O) groups is 2. The van der Waals surface area contributed by atoms with Crippen molar-refractivity contribution in [3.8, 4) is 0 Å². The van der Waals surface area contributed by atoms with Gasteiger partial charge in [0.1, 0.15) is 9.71 Å². The number of nitrogens with zero attached hydrogens (tertiary/aromatic N) is 2. The van der Waals surface area contributed by atoms with Gasteiger partial charge in [-0.25, -0.2) is 9.97 Å². The first-order valence-corrected chi connectivity index (χ1v) is 12.9. The van der Waals surface area contributed by atoms with E-state index in [0.29, 0.717) is 33.9 Å². The van der Waals surface area contributed by atoms with Crippen molar-refractivity contribution in [3.63, 3.8) is 0 Å². The molecule has 3 N–H and O–H groups in total. The zero-order valence-electron chi connectivity index (χ0n) is 18.7. The summed E-state index contributed by atoms with van der Waals surface area (Å²) < 4.78 is 4.95. The summed E-state index contributed by atoms with van der Waals surface area (Å²) in [6, 6.07) is 12.7. The van der Waals surface area contributed by atoms with Crippen molar-refractivity contribution >= 4 is 55.6 Å². The van der Waals surface area contributed by atoms with Crippen molar-refractivity contribution in [2.24, 2.45) is 0 Å². The van der Waals surface area contributed by atoms with Crippen LogP contribution in [0.4, 0.5) is 10.8 Å². The van der Waals surface area contributed by atoms with Crippen LogP contribution in [0.1, 0.15) is 51.4 Å². The fourth-order valence-corrected chi connectivity index (χ4v) is 6.02. The van der Waals surface area contributed by atoms with E-state index in [4.69, 9.17) is 15.5 Å². The van der Waals surface area contributed by atoms with E-state index in [2.05, 4.69) is 40.6 Å². The number of thiazole rings is 1. The van der Waals surface area contributed by atoms with Gasteiger partial charge in [-0.15, -0.1) is 22.7 Å². The highest BCUT2D eigenvalue weighted by atomic mass is 32.1. The Morgan fingerprint density at radius 3 is 2.85 bits per heavy atom. The first kappa shape index (κ1) is 22.5. The molecule has 4 aromatic rings. The molecule has 0 radical (unpaired) electrons. The number of amides is 1. The zero-order chi connectivity index (χ0) is 23.7. The predicted octanol–water partition coefficient (Wildman–Crippen LogP) is 4.97. The minimum absolute atomic E-state index is 0.0741. The molecule has 34 heavy (non-hydrogen) atoms. The summed E-state index contributed by atoms with van der Waals surface area (Å²) in [4.78, 5) is 35.0.